The molecule has 7 nitrogen and oxygen atoms in total. The Labute approximate surface area is 184 Å². The van der Waals surface area contributed by atoms with Crippen molar-refractivity contribution in [3.05, 3.63) is 60.3 Å². The zero-order valence-electron chi connectivity index (χ0n) is 18.1. The highest BCUT2D eigenvalue weighted by atomic mass is 32.2. The predicted molar refractivity (Wildman–Crippen MR) is 123 cm³/mol. The van der Waals surface area contributed by atoms with E-state index in [1.165, 1.54) is 0 Å². The maximum Gasteiger partial charge on any atom is 0.255 e. The van der Waals surface area contributed by atoms with E-state index in [4.69, 9.17) is 9.47 Å². The highest BCUT2D eigenvalue weighted by molar-refractivity contribution is 7.84. The lowest BCUT2D eigenvalue weighted by molar-refractivity contribution is 0.0954. The van der Waals surface area contributed by atoms with E-state index in [1.54, 1.807) is 43.5 Å². The Morgan fingerprint density at radius 3 is 2.48 bits per heavy atom. The van der Waals surface area contributed by atoms with E-state index in [9.17, 15) is 9.00 Å². The van der Waals surface area contributed by atoms with Gasteiger partial charge in [0, 0.05) is 40.6 Å². The van der Waals surface area contributed by atoms with Crippen molar-refractivity contribution >= 4 is 16.7 Å². The highest BCUT2D eigenvalue weighted by Gasteiger charge is 2.20. The van der Waals surface area contributed by atoms with E-state index in [-0.39, 0.29) is 11.2 Å². The maximum absolute atomic E-state index is 13.0. The first-order chi connectivity index (χ1) is 14.9. The minimum atomic E-state index is -0.925. The van der Waals surface area contributed by atoms with Gasteiger partial charge in [0.1, 0.15) is 5.69 Å². The first-order valence-corrected chi connectivity index (χ1v) is 11.5. The third-order valence-corrected chi connectivity index (χ3v) is 6.41. The van der Waals surface area contributed by atoms with E-state index in [2.05, 4.69) is 10.4 Å². The van der Waals surface area contributed by atoms with Gasteiger partial charge in [0.2, 0.25) is 0 Å². The molecule has 0 aliphatic rings. The van der Waals surface area contributed by atoms with Crippen LogP contribution in [0.15, 0.2) is 54.7 Å². The smallest absolute Gasteiger partial charge is 0.255 e. The summed E-state index contributed by atoms with van der Waals surface area (Å²) in [6.45, 7) is 2.34. The number of rotatable bonds is 9. The molecule has 0 saturated heterocycles. The number of methoxy groups -OCH3 is 2. The Balaban J connectivity index is 1.96. The molecule has 0 radical (unpaired) electrons. The van der Waals surface area contributed by atoms with E-state index < -0.39 is 10.8 Å². The van der Waals surface area contributed by atoms with Gasteiger partial charge in [-0.15, -0.1) is 0 Å². The van der Waals surface area contributed by atoms with Gasteiger partial charge < -0.3 is 14.8 Å². The fraction of sp³-hybridized carbons (Fsp3) is 0.304. The fourth-order valence-corrected chi connectivity index (χ4v) is 3.55. The molecule has 8 heteroatoms. The number of para-hydroxylation sites is 1. The molecule has 164 valence electrons. The number of carbonyl (C=O) groups excluding carboxylic acids is 1. The van der Waals surface area contributed by atoms with Crippen LogP contribution < -0.4 is 14.8 Å². The summed E-state index contributed by atoms with van der Waals surface area (Å²) in [5, 5.41) is 7.62. The van der Waals surface area contributed by atoms with Crippen LogP contribution in [0.1, 0.15) is 23.7 Å². The molecule has 0 spiro atoms. The van der Waals surface area contributed by atoms with Crippen LogP contribution in [0.3, 0.4) is 0 Å². The lowest BCUT2D eigenvalue weighted by Gasteiger charge is -2.10. The van der Waals surface area contributed by atoms with E-state index in [0.29, 0.717) is 35.7 Å². The van der Waals surface area contributed by atoms with Crippen molar-refractivity contribution in [2.75, 3.05) is 27.0 Å². The van der Waals surface area contributed by atoms with Crippen molar-refractivity contribution in [1.82, 2.24) is 15.1 Å². The summed E-state index contributed by atoms with van der Waals surface area (Å²) in [5.74, 6) is 0.919. The second-order valence-electron chi connectivity index (χ2n) is 7.10. The van der Waals surface area contributed by atoms with Crippen molar-refractivity contribution in [2.24, 2.45) is 0 Å². The molecule has 0 bridgehead atoms. The quantitative estimate of drug-likeness (QED) is 0.550. The van der Waals surface area contributed by atoms with E-state index >= 15 is 0 Å². The lowest BCUT2D eigenvalue weighted by Crippen LogP contribution is -2.27. The van der Waals surface area contributed by atoms with Gasteiger partial charge >= 0.3 is 0 Å². The number of amides is 1. The summed E-state index contributed by atoms with van der Waals surface area (Å²) in [6.07, 6.45) is 4.02. The largest absolute Gasteiger partial charge is 0.493 e. The van der Waals surface area contributed by atoms with Gasteiger partial charge in [0.25, 0.3) is 5.91 Å². The number of hydrogen-bond acceptors (Lipinski definition) is 5. The van der Waals surface area contributed by atoms with Crippen LogP contribution in [-0.2, 0) is 10.8 Å². The van der Waals surface area contributed by atoms with E-state index in [1.807, 2.05) is 43.3 Å². The zero-order chi connectivity index (χ0) is 22.4. The van der Waals surface area contributed by atoms with Crippen LogP contribution in [0, 0.1) is 0 Å². The summed E-state index contributed by atoms with van der Waals surface area (Å²) >= 11 is 0. The summed E-state index contributed by atoms with van der Waals surface area (Å²) in [6, 6.07) is 15.0. The van der Waals surface area contributed by atoms with Crippen LogP contribution in [0.25, 0.3) is 16.9 Å². The van der Waals surface area contributed by atoms with Crippen molar-refractivity contribution < 1.29 is 18.5 Å². The zero-order valence-corrected chi connectivity index (χ0v) is 18.9. The van der Waals surface area contributed by atoms with Crippen molar-refractivity contribution in [2.45, 2.75) is 18.6 Å². The third-order valence-electron chi connectivity index (χ3n) is 5.04. The molecule has 2 atom stereocenters. The number of hydrogen-bond donors (Lipinski definition) is 1. The molecule has 0 aliphatic carbocycles. The molecular formula is C23H27N3O4S. The average molecular weight is 442 g/mol. The van der Waals surface area contributed by atoms with Crippen LogP contribution in [0.4, 0.5) is 0 Å². The highest BCUT2D eigenvalue weighted by Crippen LogP contribution is 2.33. The molecule has 31 heavy (non-hydrogen) atoms. The summed E-state index contributed by atoms with van der Waals surface area (Å²) in [7, 11) is 2.22. The fourth-order valence-electron chi connectivity index (χ4n) is 3.10. The normalized spacial score (nSPS) is 12.8. The summed E-state index contributed by atoms with van der Waals surface area (Å²) in [4.78, 5) is 13.0. The average Bonchev–Trinajstić information content (AvgIpc) is 3.24. The molecule has 0 saturated carbocycles. The van der Waals surface area contributed by atoms with Gasteiger partial charge in [0.05, 0.1) is 25.5 Å². The molecule has 0 fully saturated rings. The van der Waals surface area contributed by atoms with Crippen LogP contribution in [0.2, 0.25) is 0 Å². The molecule has 3 aromatic rings. The molecule has 1 amide bonds. The standard InChI is InChI=1S/C23H27N3O4S/c1-16(31(4)28)12-13-24-23(27)19-15-26(18-8-6-5-7-9-18)25-22(19)17-10-11-20(29-2)21(14-17)30-3/h5-11,14-16H,12-13H2,1-4H3,(H,24,27)/t16-,31-/m0/s1. The summed E-state index contributed by atoms with van der Waals surface area (Å²) < 4.78 is 24.0. The Kier molecular flexibility index (Phi) is 7.46. The van der Waals surface area contributed by atoms with Gasteiger partial charge in [0.15, 0.2) is 11.5 Å². The Hall–Kier alpha value is -3.13. The monoisotopic (exact) mass is 441 g/mol. The van der Waals surface area contributed by atoms with Gasteiger partial charge in [-0.05, 0) is 36.8 Å². The van der Waals surface area contributed by atoms with Gasteiger partial charge in [-0.3, -0.25) is 9.00 Å². The molecule has 2 aromatic carbocycles. The second-order valence-corrected chi connectivity index (χ2v) is 8.90. The Bertz CT molecular complexity index is 1070. The number of ether oxygens (including phenoxy) is 2. The summed E-state index contributed by atoms with van der Waals surface area (Å²) in [5.41, 5.74) is 2.56. The van der Waals surface area contributed by atoms with Crippen molar-refractivity contribution in [1.29, 1.82) is 0 Å². The minimum absolute atomic E-state index is 0.0117. The van der Waals surface area contributed by atoms with Crippen LogP contribution in [-0.4, -0.2) is 52.2 Å². The topological polar surface area (TPSA) is 82.5 Å². The number of aromatic nitrogens is 2. The second kappa shape index (κ2) is 10.3. The molecule has 0 aliphatic heterocycles. The van der Waals surface area contributed by atoms with Crippen molar-refractivity contribution in [3.8, 4) is 28.4 Å². The molecule has 1 heterocycles. The maximum atomic E-state index is 13.0. The van der Waals surface area contributed by atoms with Gasteiger partial charge in [-0.2, -0.15) is 5.10 Å². The third kappa shape index (κ3) is 5.32. The van der Waals surface area contributed by atoms with E-state index in [0.717, 1.165) is 11.3 Å². The molecule has 1 N–H and O–H groups in total. The Morgan fingerprint density at radius 2 is 1.84 bits per heavy atom. The van der Waals surface area contributed by atoms with Crippen LogP contribution in [0.5, 0.6) is 11.5 Å². The van der Waals surface area contributed by atoms with Gasteiger partial charge in [-0.25, -0.2) is 4.68 Å². The lowest BCUT2D eigenvalue weighted by atomic mass is 10.1. The van der Waals surface area contributed by atoms with Crippen molar-refractivity contribution in [3.63, 3.8) is 0 Å². The first kappa shape index (κ1) is 22.6. The molecule has 0 unspecified atom stereocenters. The first-order valence-electron chi connectivity index (χ1n) is 9.92. The minimum Gasteiger partial charge on any atom is -0.493 e. The number of carbonyl (C=O) groups is 1. The molecule has 1 aromatic heterocycles. The predicted octanol–water partition coefficient (Wildman–Crippen LogP) is 3.44. The number of nitrogens with one attached hydrogen (secondary N) is 1. The Morgan fingerprint density at radius 1 is 1.13 bits per heavy atom. The molecular weight excluding hydrogens is 414 g/mol. The number of nitrogens with zero attached hydrogens (tertiary/aromatic N) is 2. The van der Waals surface area contributed by atoms with Gasteiger partial charge in [-0.1, -0.05) is 25.1 Å². The van der Waals surface area contributed by atoms with Crippen LogP contribution >= 0.6 is 0 Å². The SMILES string of the molecule is COc1ccc(-c2nn(-c3ccccc3)cc2C(=O)NCC[C@H](C)[S@](C)=O)cc1OC. The molecule has 3 rings (SSSR count). The number of benzene rings is 2.